The zero-order valence-electron chi connectivity index (χ0n) is 11.1. The number of hydrogen-bond acceptors (Lipinski definition) is 4. The molecule has 4 nitrogen and oxygen atoms in total. The van der Waals surface area contributed by atoms with E-state index >= 15 is 0 Å². The minimum atomic E-state index is 0.558. The summed E-state index contributed by atoms with van der Waals surface area (Å²) in [6, 6.07) is 9.77. The molecule has 0 spiro atoms. The van der Waals surface area contributed by atoms with Crippen molar-refractivity contribution in [2.75, 3.05) is 24.3 Å². The normalized spacial score (nSPS) is 13.1. The lowest BCUT2D eigenvalue weighted by Gasteiger charge is -2.21. The number of nitrogen functional groups attached to an aromatic ring is 1. The first-order valence-corrected chi connectivity index (χ1v) is 7.15. The first-order valence-electron chi connectivity index (χ1n) is 6.36. The minimum absolute atomic E-state index is 0.558. The first kappa shape index (κ1) is 13.1. The van der Waals surface area contributed by atoms with Crippen LogP contribution in [0.15, 0.2) is 34.8 Å². The standard InChI is InChI=1S/C15H15BrN2O2/c1-9-2-3-12(10(16)6-9)18-13-8-15-14(7-11(13)17)19-4-5-20-15/h2-3,6-8,18H,4-5,17H2,1H3. The van der Waals surface area contributed by atoms with Crippen molar-refractivity contribution in [3.05, 3.63) is 40.4 Å². The number of anilines is 3. The molecule has 0 amide bonds. The van der Waals surface area contributed by atoms with Crippen molar-refractivity contribution in [1.82, 2.24) is 0 Å². The van der Waals surface area contributed by atoms with Crippen LogP contribution in [0.4, 0.5) is 17.1 Å². The van der Waals surface area contributed by atoms with Crippen LogP contribution in [0.3, 0.4) is 0 Å². The number of hydrogen-bond donors (Lipinski definition) is 2. The minimum Gasteiger partial charge on any atom is -0.486 e. The molecule has 0 aromatic heterocycles. The van der Waals surface area contributed by atoms with Crippen molar-refractivity contribution in [3.63, 3.8) is 0 Å². The van der Waals surface area contributed by atoms with E-state index in [4.69, 9.17) is 15.2 Å². The summed E-state index contributed by atoms with van der Waals surface area (Å²) >= 11 is 3.54. The lowest BCUT2D eigenvalue weighted by atomic mass is 10.2. The van der Waals surface area contributed by atoms with E-state index in [2.05, 4.69) is 27.3 Å². The number of halogens is 1. The van der Waals surface area contributed by atoms with Gasteiger partial charge in [-0.05, 0) is 40.5 Å². The van der Waals surface area contributed by atoms with Gasteiger partial charge in [-0.3, -0.25) is 0 Å². The smallest absolute Gasteiger partial charge is 0.163 e. The fourth-order valence-corrected chi connectivity index (χ4v) is 2.67. The van der Waals surface area contributed by atoms with E-state index in [0.717, 1.165) is 21.6 Å². The molecule has 3 rings (SSSR count). The number of aryl methyl sites for hydroxylation is 1. The van der Waals surface area contributed by atoms with Gasteiger partial charge in [0.15, 0.2) is 11.5 Å². The van der Waals surface area contributed by atoms with Crippen LogP contribution in [0.25, 0.3) is 0 Å². The topological polar surface area (TPSA) is 56.5 Å². The van der Waals surface area contributed by atoms with Gasteiger partial charge in [0, 0.05) is 16.6 Å². The largest absolute Gasteiger partial charge is 0.486 e. The van der Waals surface area contributed by atoms with Gasteiger partial charge in [0.2, 0.25) is 0 Å². The summed E-state index contributed by atoms with van der Waals surface area (Å²) in [6.45, 7) is 3.17. The summed E-state index contributed by atoms with van der Waals surface area (Å²) in [5, 5.41) is 3.31. The number of nitrogens with two attached hydrogens (primary N) is 1. The maximum Gasteiger partial charge on any atom is 0.163 e. The molecular weight excluding hydrogens is 320 g/mol. The van der Waals surface area contributed by atoms with E-state index in [1.165, 1.54) is 5.56 Å². The molecule has 0 radical (unpaired) electrons. The Labute approximate surface area is 126 Å². The highest BCUT2D eigenvalue weighted by atomic mass is 79.9. The maximum atomic E-state index is 6.06. The molecule has 5 heteroatoms. The number of nitrogens with one attached hydrogen (secondary N) is 1. The van der Waals surface area contributed by atoms with E-state index in [0.29, 0.717) is 24.7 Å². The van der Waals surface area contributed by atoms with Crippen molar-refractivity contribution >= 4 is 33.0 Å². The monoisotopic (exact) mass is 334 g/mol. The molecular formula is C15H15BrN2O2. The molecule has 3 N–H and O–H groups in total. The highest BCUT2D eigenvalue weighted by molar-refractivity contribution is 9.10. The predicted molar refractivity (Wildman–Crippen MR) is 84.0 cm³/mol. The first-order chi connectivity index (χ1) is 9.63. The Morgan fingerprint density at radius 1 is 1.05 bits per heavy atom. The van der Waals surface area contributed by atoms with Crippen LogP contribution in [0, 0.1) is 6.92 Å². The summed E-state index contributed by atoms with van der Waals surface area (Å²) in [6.07, 6.45) is 0. The van der Waals surface area contributed by atoms with Gasteiger partial charge in [-0.1, -0.05) is 6.07 Å². The average Bonchev–Trinajstić information content (AvgIpc) is 2.42. The molecule has 0 fully saturated rings. The van der Waals surface area contributed by atoms with E-state index in [-0.39, 0.29) is 0 Å². The highest BCUT2D eigenvalue weighted by Gasteiger charge is 2.15. The SMILES string of the molecule is Cc1ccc(Nc2cc3c(cc2N)OCCO3)c(Br)c1. The Balaban J connectivity index is 1.94. The Morgan fingerprint density at radius 3 is 2.45 bits per heavy atom. The van der Waals surface area contributed by atoms with Crippen molar-refractivity contribution in [2.45, 2.75) is 6.92 Å². The summed E-state index contributed by atoms with van der Waals surface area (Å²) in [4.78, 5) is 0. The van der Waals surface area contributed by atoms with Gasteiger partial charge in [-0.2, -0.15) is 0 Å². The van der Waals surface area contributed by atoms with Gasteiger partial charge in [0.1, 0.15) is 13.2 Å². The molecule has 104 valence electrons. The van der Waals surface area contributed by atoms with Gasteiger partial charge in [-0.25, -0.2) is 0 Å². The fraction of sp³-hybridized carbons (Fsp3) is 0.200. The maximum absolute atomic E-state index is 6.06. The Kier molecular flexibility index (Phi) is 3.44. The second kappa shape index (κ2) is 5.25. The summed E-state index contributed by atoms with van der Waals surface area (Å²) in [5.41, 5.74) is 9.64. The van der Waals surface area contributed by atoms with Gasteiger partial charge in [0.05, 0.1) is 17.1 Å². The number of benzene rings is 2. The van der Waals surface area contributed by atoms with E-state index in [1.807, 2.05) is 25.1 Å². The van der Waals surface area contributed by atoms with Crippen LogP contribution in [0.1, 0.15) is 5.56 Å². The average molecular weight is 335 g/mol. The molecule has 0 saturated heterocycles. The molecule has 1 heterocycles. The van der Waals surface area contributed by atoms with Gasteiger partial charge in [-0.15, -0.1) is 0 Å². The van der Waals surface area contributed by atoms with Crippen molar-refractivity contribution in [2.24, 2.45) is 0 Å². The number of fused-ring (bicyclic) bond motifs is 1. The fourth-order valence-electron chi connectivity index (χ4n) is 2.08. The molecule has 2 aromatic carbocycles. The van der Waals surface area contributed by atoms with Crippen LogP contribution >= 0.6 is 15.9 Å². The summed E-state index contributed by atoms with van der Waals surface area (Å²) in [7, 11) is 0. The van der Waals surface area contributed by atoms with Crippen molar-refractivity contribution in [1.29, 1.82) is 0 Å². The zero-order valence-corrected chi connectivity index (χ0v) is 12.7. The quantitative estimate of drug-likeness (QED) is 0.819. The van der Waals surface area contributed by atoms with Gasteiger partial charge >= 0.3 is 0 Å². The van der Waals surface area contributed by atoms with Crippen LogP contribution in [0.5, 0.6) is 11.5 Å². The lowest BCUT2D eigenvalue weighted by Crippen LogP contribution is -2.15. The lowest BCUT2D eigenvalue weighted by molar-refractivity contribution is 0.172. The van der Waals surface area contributed by atoms with Crippen molar-refractivity contribution in [3.8, 4) is 11.5 Å². The predicted octanol–water partition coefficient (Wildman–Crippen LogP) is 3.85. The molecule has 0 saturated carbocycles. The number of rotatable bonds is 2. The van der Waals surface area contributed by atoms with Gasteiger partial charge in [0.25, 0.3) is 0 Å². The Morgan fingerprint density at radius 2 is 1.75 bits per heavy atom. The van der Waals surface area contributed by atoms with Crippen LogP contribution in [-0.4, -0.2) is 13.2 Å². The van der Waals surface area contributed by atoms with E-state index < -0.39 is 0 Å². The molecule has 0 bridgehead atoms. The molecule has 0 aliphatic carbocycles. The second-order valence-corrected chi connectivity index (χ2v) is 5.55. The van der Waals surface area contributed by atoms with Crippen LogP contribution < -0.4 is 20.5 Å². The van der Waals surface area contributed by atoms with Crippen LogP contribution in [-0.2, 0) is 0 Å². The third-order valence-corrected chi connectivity index (χ3v) is 3.76. The summed E-state index contributed by atoms with van der Waals surface area (Å²) in [5.74, 6) is 1.42. The Bertz CT molecular complexity index is 659. The molecule has 0 unspecified atom stereocenters. The molecule has 2 aromatic rings. The number of ether oxygens (including phenoxy) is 2. The molecule has 0 atom stereocenters. The highest BCUT2D eigenvalue weighted by Crippen LogP contribution is 2.39. The second-order valence-electron chi connectivity index (χ2n) is 4.69. The van der Waals surface area contributed by atoms with Gasteiger partial charge < -0.3 is 20.5 Å². The van der Waals surface area contributed by atoms with E-state index in [9.17, 15) is 0 Å². The Hall–Kier alpha value is -1.88. The third-order valence-electron chi connectivity index (χ3n) is 3.11. The molecule has 1 aliphatic heterocycles. The summed E-state index contributed by atoms with van der Waals surface area (Å²) < 4.78 is 12.1. The third kappa shape index (κ3) is 2.54. The van der Waals surface area contributed by atoms with Crippen LogP contribution in [0.2, 0.25) is 0 Å². The zero-order chi connectivity index (χ0) is 14.1. The van der Waals surface area contributed by atoms with E-state index in [1.54, 1.807) is 6.07 Å². The molecule has 20 heavy (non-hydrogen) atoms. The van der Waals surface area contributed by atoms with Crippen molar-refractivity contribution < 1.29 is 9.47 Å². The molecule has 1 aliphatic rings.